The van der Waals surface area contributed by atoms with Gasteiger partial charge in [0.1, 0.15) is 11.6 Å². The van der Waals surface area contributed by atoms with Crippen LogP contribution in [-0.2, 0) is 4.79 Å². The van der Waals surface area contributed by atoms with E-state index >= 15 is 0 Å². The summed E-state index contributed by atoms with van der Waals surface area (Å²) in [5, 5.41) is 0. The topological polar surface area (TPSA) is 61.5 Å². The Morgan fingerprint density at radius 1 is 1.32 bits per heavy atom. The van der Waals surface area contributed by atoms with Crippen LogP contribution in [0.3, 0.4) is 0 Å². The molecule has 6 heteroatoms. The van der Waals surface area contributed by atoms with Gasteiger partial charge in [0, 0.05) is 18.7 Å². The molecule has 1 aromatic heterocycles. The predicted octanol–water partition coefficient (Wildman–Crippen LogP) is 2.45. The number of likely N-dealkylation sites (tertiary alicyclic amines) is 2. The van der Waals surface area contributed by atoms with Crippen molar-refractivity contribution in [2.45, 2.75) is 25.3 Å². The van der Waals surface area contributed by atoms with Gasteiger partial charge >= 0.3 is 0 Å². The van der Waals surface area contributed by atoms with Crippen LogP contribution in [0.15, 0.2) is 30.5 Å². The highest BCUT2D eigenvalue weighted by Gasteiger charge is 2.32. The standard InChI is InChI=1S/C19H24N4O2/c1-25-15-6-2-5-14(11-15)16-12-20-19(21-16)17-7-3-8-23(17)13-18(24)22-9-4-10-22/h2,5-6,11-12,17H,3-4,7-10,13H2,1H3,(H,20,21). The summed E-state index contributed by atoms with van der Waals surface area (Å²) in [4.78, 5) is 24.6. The highest BCUT2D eigenvalue weighted by atomic mass is 16.5. The van der Waals surface area contributed by atoms with Crippen LogP contribution in [0.2, 0.25) is 0 Å². The Morgan fingerprint density at radius 3 is 2.96 bits per heavy atom. The summed E-state index contributed by atoms with van der Waals surface area (Å²) in [6, 6.07) is 8.14. The number of methoxy groups -OCH3 is 1. The third-order valence-corrected chi connectivity index (χ3v) is 5.20. The lowest BCUT2D eigenvalue weighted by Crippen LogP contribution is -2.47. The Morgan fingerprint density at radius 2 is 2.20 bits per heavy atom. The van der Waals surface area contributed by atoms with E-state index in [9.17, 15) is 4.79 Å². The van der Waals surface area contributed by atoms with Crippen molar-refractivity contribution < 1.29 is 9.53 Å². The highest BCUT2D eigenvalue weighted by molar-refractivity contribution is 5.79. The highest BCUT2D eigenvalue weighted by Crippen LogP contribution is 2.32. The second kappa shape index (κ2) is 6.88. The van der Waals surface area contributed by atoms with E-state index in [1.54, 1.807) is 7.11 Å². The summed E-state index contributed by atoms with van der Waals surface area (Å²) in [7, 11) is 1.67. The lowest BCUT2D eigenvalue weighted by molar-refractivity contribution is -0.136. The molecule has 0 saturated carbocycles. The molecule has 6 nitrogen and oxygen atoms in total. The summed E-state index contributed by atoms with van der Waals surface area (Å²) >= 11 is 0. The molecule has 1 amide bonds. The normalized spacial score (nSPS) is 20.5. The SMILES string of the molecule is COc1cccc(-c2cnc(C3CCCN3CC(=O)N3CCC3)[nH]2)c1. The minimum absolute atomic E-state index is 0.199. The van der Waals surface area contributed by atoms with Crippen molar-refractivity contribution in [3.05, 3.63) is 36.3 Å². The monoisotopic (exact) mass is 340 g/mol. The Balaban J connectivity index is 1.49. The molecule has 2 fully saturated rings. The molecule has 3 heterocycles. The van der Waals surface area contributed by atoms with Gasteiger partial charge < -0.3 is 14.6 Å². The van der Waals surface area contributed by atoms with Crippen molar-refractivity contribution in [2.75, 3.05) is 33.3 Å². The van der Waals surface area contributed by atoms with E-state index in [0.717, 1.165) is 61.7 Å². The van der Waals surface area contributed by atoms with Crippen molar-refractivity contribution in [1.82, 2.24) is 19.8 Å². The number of nitrogens with one attached hydrogen (secondary N) is 1. The maximum atomic E-state index is 12.3. The minimum atomic E-state index is 0.199. The van der Waals surface area contributed by atoms with Gasteiger partial charge in [0.2, 0.25) is 5.91 Å². The molecule has 0 bridgehead atoms. The molecule has 2 aliphatic heterocycles. The number of imidazole rings is 1. The average Bonchev–Trinajstić information content (AvgIpc) is 3.22. The second-order valence-electron chi connectivity index (χ2n) is 6.78. The van der Waals surface area contributed by atoms with Gasteiger partial charge in [-0.1, -0.05) is 12.1 Å². The lowest BCUT2D eigenvalue weighted by atomic mass is 10.1. The van der Waals surface area contributed by atoms with Gasteiger partial charge in [-0.25, -0.2) is 4.98 Å². The largest absolute Gasteiger partial charge is 0.497 e. The summed E-state index contributed by atoms with van der Waals surface area (Å²) in [6.45, 7) is 3.29. The Hall–Kier alpha value is -2.34. The van der Waals surface area contributed by atoms with E-state index in [1.165, 1.54) is 0 Å². The average molecular weight is 340 g/mol. The lowest BCUT2D eigenvalue weighted by Gasteiger charge is -2.33. The van der Waals surface area contributed by atoms with E-state index in [-0.39, 0.29) is 11.9 Å². The van der Waals surface area contributed by atoms with Crippen molar-refractivity contribution in [3.8, 4) is 17.0 Å². The maximum absolute atomic E-state index is 12.3. The van der Waals surface area contributed by atoms with Crippen LogP contribution < -0.4 is 4.74 Å². The van der Waals surface area contributed by atoms with Crippen LogP contribution in [0.25, 0.3) is 11.3 Å². The Kier molecular flexibility index (Phi) is 4.44. The first kappa shape index (κ1) is 16.1. The first-order valence-electron chi connectivity index (χ1n) is 8.96. The Labute approximate surface area is 147 Å². The number of carbonyl (C=O) groups is 1. The molecular formula is C19H24N4O2. The number of amides is 1. The van der Waals surface area contributed by atoms with Crippen LogP contribution >= 0.6 is 0 Å². The van der Waals surface area contributed by atoms with Gasteiger partial charge in [-0.3, -0.25) is 9.69 Å². The molecule has 2 aliphatic rings. The third kappa shape index (κ3) is 3.26. The van der Waals surface area contributed by atoms with E-state index in [2.05, 4.69) is 14.9 Å². The van der Waals surface area contributed by atoms with E-state index in [1.807, 2.05) is 35.4 Å². The van der Waals surface area contributed by atoms with Crippen molar-refractivity contribution in [1.29, 1.82) is 0 Å². The fourth-order valence-electron chi connectivity index (χ4n) is 3.61. The van der Waals surface area contributed by atoms with E-state index in [4.69, 9.17) is 4.74 Å². The van der Waals surface area contributed by atoms with Crippen molar-refractivity contribution in [3.63, 3.8) is 0 Å². The molecule has 25 heavy (non-hydrogen) atoms. The maximum Gasteiger partial charge on any atom is 0.236 e. The zero-order valence-electron chi connectivity index (χ0n) is 14.6. The van der Waals surface area contributed by atoms with Crippen molar-refractivity contribution >= 4 is 5.91 Å². The third-order valence-electron chi connectivity index (χ3n) is 5.20. The predicted molar refractivity (Wildman–Crippen MR) is 95.3 cm³/mol. The minimum Gasteiger partial charge on any atom is -0.497 e. The van der Waals surface area contributed by atoms with Gasteiger partial charge in [0.25, 0.3) is 0 Å². The van der Waals surface area contributed by atoms with E-state index < -0.39 is 0 Å². The molecule has 2 saturated heterocycles. The number of rotatable bonds is 5. The number of aromatic nitrogens is 2. The fraction of sp³-hybridized carbons (Fsp3) is 0.474. The zero-order chi connectivity index (χ0) is 17.2. The number of carbonyl (C=O) groups excluding carboxylic acids is 1. The second-order valence-corrected chi connectivity index (χ2v) is 6.78. The summed E-state index contributed by atoms with van der Waals surface area (Å²) in [5.41, 5.74) is 2.04. The van der Waals surface area contributed by atoms with Crippen LogP contribution in [0.1, 0.15) is 31.1 Å². The summed E-state index contributed by atoms with van der Waals surface area (Å²) in [5.74, 6) is 2.03. The van der Waals surface area contributed by atoms with E-state index in [0.29, 0.717) is 6.54 Å². The quantitative estimate of drug-likeness (QED) is 0.908. The molecule has 0 aliphatic carbocycles. The molecule has 1 unspecified atom stereocenters. The van der Waals surface area contributed by atoms with Crippen LogP contribution in [0.5, 0.6) is 5.75 Å². The molecule has 1 N–H and O–H groups in total. The first-order chi connectivity index (χ1) is 12.2. The number of ether oxygens (including phenoxy) is 1. The van der Waals surface area contributed by atoms with Gasteiger partial charge in [-0.15, -0.1) is 0 Å². The number of hydrogen-bond acceptors (Lipinski definition) is 4. The Bertz CT molecular complexity index is 753. The number of aromatic amines is 1. The van der Waals surface area contributed by atoms with Crippen molar-refractivity contribution in [2.24, 2.45) is 0 Å². The number of H-pyrrole nitrogens is 1. The molecular weight excluding hydrogens is 316 g/mol. The smallest absolute Gasteiger partial charge is 0.236 e. The van der Waals surface area contributed by atoms with Gasteiger partial charge in [0.15, 0.2) is 0 Å². The molecule has 1 aromatic carbocycles. The van der Waals surface area contributed by atoms with Crippen LogP contribution in [0.4, 0.5) is 0 Å². The van der Waals surface area contributed by atoms with Crippen LogP contribution in [-0.4, -0.2) is 59.0 Å². The van der Waals surface area contributed by atoms with Gasteiger partial charge in [0.05, 0.1) is 31.6 Å². The summed E-state index contributed by atoms with van der Waals surface area (Å²) in [6.07, 6.45) is 5.15. The fourth-order valence-corrected chi connectivity index (χ4v) is 3.61. The first-order valence-corrected chi connectivity index (χ1v) is 8.96. The molecule has 0 spiro atoms. The number of benzene rings is 1. The molecule has 0 radical (unpaired) electrons. The summed E-state index contributed by atoms with van der Waals surface area (Å²) < 4.78 is 5.30. The van der Waals surface area contributed by atoms with Gasteiger partial charge in [-0.2, -0.15) is 0 Å². The molecule has 1 atom stereocenters. The van der Waals surface area contributed by atoms with Crippen LogP contribution in [0, 0.1) is 0 Å². The molecule has 2 aromatic rings. The van der Waals surface area contributed by atoms with Gasteiger partial charge in [-0.05, 0) is 37.9 Å². The number of hydrogen-bond donors (Lipinski definition) is 1. The molecule has 132 valence electrons. The zero-order valence-corrected chi connectivity index (χ0v) is 14.6. The number of nitrogens with zero attached hydrogens (tertiary/aromatic N) is 3. The molecule has 4 rings (SSSR count).